The molecule has 0 bridgehead atoms. The summed E-state index contributed by atoms with van der Waals surface area (Å²) in [4.78, 5) is 4.80. The molecule has 2 aliphatic heterocycles. The number of nitrogens with zero attached hydrogens (tertiary/aromatic N) is 3. The summed E-state index contributed by atoms with van der Waals surface area (Å²) in [5.74, 6) is 0.537. The zero-order chi connectivity index (χ0) is 15.1. The lowest BCUT2D eigenvalue weighted by Gasteiger charge is -2.46. The van der Waals surface area contributed by atoms with Crippen LogP contribution < -0.4 is 10.2 Å². The number of hydrogen-bond donors (Lipinski definition) is 1. The highest BCUT2D eigenvalue weighted by Crippen LogP contribution is 2.30. The second kappa shape index (κ2) is 5.52. The van der Waals surface area contributed by atoms with Gasteiger partial charge in [-0.05, 0) is 38.1 Å². The monoisotopic (exact) mass is 304 g/mol. The van der Waals surface area contributed by atoms with Crippen molar-refractivity contribution < 1.29 is 8.91 Å². The Balaban J connectivity index is 1.56. The van der Waals surface area contributed by atoms with Gasteiger partial charge >= 0.3 is 0 Å². The lowest BCUT2D eigenvalue weighted by atomic mass is 9.96. The molecule has 0 unspecified atom stereocenters. The highest BCUT2D eigenvalue weighted by Gasteiger charge is 2.33. The van der Waals surface area contributed by atoms with Crippen molar-refractivity contribution in [2.45, 2.75) is 24.9 Å². The standard InChI is InChI=1S/C16H21FN4O/c1-18-12-3-4-13-10-21(7-6-20(13)9-12)16-14-8-11(17)2-5-15(14)22-19-16/h2,5,8,12-13,18H,3-4,6-7,9-10H2,1H3/t12-,13-/m0/s1. The highest BCUT2D eigenvalue weighted by molar-refractivity contribution is 5.88. The number of fused-ring (bicyclic) bond motifs is 2. The van der Waals surface area contributed by atoms with Crippen molar-refractivity contribution in [3.05, 3.63) is 24.0 Å². The van der Waals surface area contributed by atoms with Crippen LogP contribution in [0, 0.1) is 5.82 Å². The van der Waals surface area contributed by atoms with Gasteiger partial charge in [0.05, 0.1) is 5.39 Å². The van der Waals surface area contributed by atoms with Gasteiger partial charge in [-0.3, -0.25) is 4.90 Å². The predicted octanol–water partition coefficient (Wildman–Crippen LogP) is 1.84. The van der Waals surface area contributed by atoms with E-state index < -0.39 is 0 Å². The number of anilines is 1. The van der Waals surface area contributed by atoms with Crippen molar-refractivity contribution in [3.63, 3.8) is 0 Å². The molecule has 0 amide bonds. The second-order valence-corrected chi connectivity index (χ2v) is 6.30. The van der Waals surface area contributed by atoms with Gasteiger partial charge in [0.25, 0.3) is 0 Å². The summed E-state index contributed by atoms with van der Waals surface area (Å²) in [6, 6.07) is 5.73. The minimum atomic E-state index is -0.245. The molecule has 0 aliphatic carbocycles. The first kappa shape index (κ1) is 14.0. The summed E-state index contributed by atoms with van der Waals surface area (Å²) in [5, 5.41) is 8.34. The normalized spacial score (nSPS) is 26.4. The van der Waals surface area contributed by atoms with Crippen LogP contribution in [-0.4, -0.2) is 55.4 Å². The molecule has 118 valence electrons. The Kier molecular flexibility index (Phi) is 3.50. The summed E-state index contributed by atoms with van der Waals surface area (Å²) < 4.78 is 18.9. The third-order valence-corrected chi connectivity index (χ3v) is 5.03. The van der Waals surface area contributed by atoms with Crippen molar-refractivity contribution in [1.82, 2.24) is 15.4 Å². The molecule has 2 saturated heterocycles. The quantitative estimate of drug-likeness (QED) is 0.917. The van der Waals surface area contributed by atoms with E-state index in [-0.39, 0.29) is 5.82 Å². The number of piperazine rings is 1. The van der Waals surface area contributed by atoms with Crippen LogP contribution in [0.4, 0.5) is 10.2 Å². The van der Waals surface area contributed by atoms with Crippen LogP contribution in [0.25, 0.3) is 11.0 Å². The fourth-order valence-corrected chi connectivity index (χ4v) is 3.73. The molecule has 4 rings (SSSR count). The molecule has 2 aromatic rings. The van der Waals surface area contributed by atoms with Gasteiger partial charge in [0.2, 0.25) is 0 Å². The maximum Gasteiger partial charge on any atom is 0.180 e. The molecule has 0 saturated carbocycles. The number of aromatic nitrogens is 1. The molecule has 22 heavy (non-hydrogen) atoms. The third-order valence-electron chi connectivity index (χ3n) is 5.03. The van der Waals surface area contributed by atoms with Crippen LogP contribution in [0.2, 0.25) is 0 Å². The zero-order valence-electron chi connectivity index (χ0n) is 12.8. The van der Waals surface area contributed by atoms with E-state index in [9.17, 15) is 4.39 Å². The molecule has 2 aliphatic rings. The SMILES string of the molecule is CN[C@H]1CC[C@H]2CN(c3noc4ccc(F)cc34)CCN2C1. The molecule has 5 nitrogen and oxygen atoms in total. The number of nitrogens with one attached hydrogen (secondary N) is 1. The average molecular weight is 304 g/mol. The maximum absolute atomic E-state index is 13.5. The minimum absolute atomic E-state index is 0.245. The van der Waals surface area contributed by atoms with Crippen LogP contribution in [0.1, 0.15) is 12.8 Å². The average Bonchev–Trinajstić information content (AvgIpc) is 2.96. The first-order valence-electron chi connectivity index (χ1n) is 7.96. The number of likely N-dealkylation sites (N-methyl/N-ethyl adjacent to an activating group) is 1. The van der Waals surface area contributed by atoms with Gasteiger partial charge in [-0.25, -0.2) is 4.39 Å². The maximum atomic E-state index is 13.5. The van der Waals surface area contributed by atoms with Gasteiger partial charge in [-0.15, -0.1) is 0 Å². The molecule has 1 N–H and O–H groups in total. The summed E-state index contributed by atoms with van der Waals surface area (Å²) in [6.45, 7) is 3.98. The molecular weight excluding hydrogens is 283 g/mol. The number of hydrogen-bond acceptors (Lipinski definition) is 5. The van der Waals surface area contributed by atoms with E-state index >= 15 is 0 Å². The van der Waals surface area contributed by atoms with E-state index in [1.807, 2.05) is 7.05 Å². The fourth-order valence-electron chi connectivity index (χ4n) is 3.73. The lowest BCUT2D eigenvalue weighted by Crippen LogP contribution is -2.59. The second-order valence-electron chi connectivity index (χ2n) is 6.30. The van der Waals surface area contributed by atoms with Gasteiger partial charge in [0.15, 0.2) is 11.4 Å². The Morgan fingerprint density at radius 3 is 3.05 bits per heavy atom. The fraction of sp³-hybridized carbons (Fsp3) is 0.562. The highest BCUT2D eigenvalue weighted by atomic mass is 19.1. The molecule has 2 fully saturated rings. The molecular formula is C16H21FN4O. The first-order valence-corrected chi connectivity index (χ1v) is 7.96. The molecule has 1 aromatic heterocycles. The number of benzene rings is 1. The van der Waals surface area contributed by atoms with E-state index in [0.717, 1.165) is 37.4 Å². The van der Waals surface area contributed by atoms with Crippen LogP contribution in [0.5, 0.6) is 0 Å². The molecule has 3 heterocycles. The van der Waals surface area contributed by atoms with Crippen LogP contribution in [-0.2, 0) is 0 Å². The van der Waals surface area contributed by atoms with Gasteiger partial charge in [0, 0.05) is 38.3 Å². The van der Waals surface area contributed by atoms with Gasteiger partial charge < -0.3 is 14.7 Å². The summed E-state index contributed by atoms with van der Waals surface area (Å²) >= 11 is 0. The molecule has 0 spiro atoms. The summed E-state index contributed by atoms with van der Waals surface area (Å²) in [5.41, 5.74) is 0.651. The number of rotatable bonds is 2. The van der Waals surface area contributed by atoms with Gasteiger partial charge in [-0.2, -0.15) is 0 Å². The summed E-state index contributed by atoms with van der Waals surface area (Å²) in [7, 11) is 2.04. The Morgan fingerprint density at radius 1 is 1.27 bits per heavy atom. The van der Waals surface area contributed by atoms with Crippen LogP contribution in [0.3, 0.4) is 0 Å². The van der Waals surface area contributed by atoms with E-state index in [2.05, 4.69) is 20.3 Å². The van der Waals surface area contributed by atoms with Crippen molar-refractivity contribution in [3.8, 4) is 0 Å². The molecule has 2 atom stereocenters. The largest absolute Gasteiger partial charge is 0.354 e. The zero-order valence-corrected chi connectivity index (χ0v) is 12.8. The van der Waals surface area contributed by atoms with Crippen molar-refractivity contribution in [2.75, 3.05) is 38.1 Å². The minimum Gasteiger partial charge on any atom is -0.354 e. The lowest BCUT2D eigenvalue weighted by molar-refractivity contribution is 0.111. The summed E-state index contributed by atoms with van der Waals surface area (Å²) in [6.07, 6.45) is 2.39. The number of piperidine rings is 1. The van der Waals surface area contributed by atoms with Crippen LogP contribution in [0.15, 0.2) is 22.7 Å². The molecule has 1 aromatic carbocycles. The number of halogens is 1. The van der Waals surface area contributed by atoms with Gasteiger partial charge in [-0.1, -0.05) is 5.16 Å². The Bertz CT molecular complexity index is 673. The van der Waals surface area contributed by atoms with Crippen molar-refractivity contribution in [2.24, 2.45) is 0 Å². The first-order chi connectivity index (χ1) is 10.7. The topological polar surface area (TPSA) is 44.5 Å². The third kappa shape index (κ3) is 2.36. The Morgan fingerprint density at radius 2 is 2.18 bits per heavy atom. The predicted molar refractivity (Wildman–Crippen MR) is 83.6 cm³/mol. The Hall–Kier alpha value is -1.66. The van der Waals surface area contributed by atoms with Crippen molar-refractivity contribution >= 4 is 16.8 Å². The molecule has 0 radical (unpaired) electrons. The van der Waals surface area contributed by atoms with E-state index in [1.165, 1.54) is 25.0 Å². The Labute approximate surface area is 129 Å². The van der Waals surface area contributed by atoms with Gasteiger partial charge in [0.1, 0.15) is 5.82 Å². The van der Waals surface area contributed by atoms with Crippen molar-refractivity contribution in [1.29, 1.82) is 0 Å². The molecule has 6 heteroatoms. The van der Waals surface area contributed by atoms with E-state index in [0.29, 0.717) is 17.7 Å². The van der Waals surface area contributed by atoms with Crippen LogP contribution >= 0.6 is 0 Å². The van der Waals surface area contributed by atoms with E-state index in [1.54, 1.807) is 6.07 Å². The smallest absolute Gasteiger partial charge is 0.180 e. The van der Waals surface area contributed by atoms with E-state index in [4.69, 9.17) is 4.52 Å².